The number of halogens is 3. The van der Waals surface area contributed by atoms with E-state index in [0.29, 0.717) is 5.92 Å². The average Bonchev–Trinajstić information content (AvgIpc) is 2.60. The van der Waals surface area contributed by atoms with Crippen LogP contribution in [0, 0.1) is 35.2 Å². The second kappa shape index (κ2) is 7.09. The lowest BCUT2D eigenvalue weighted by atomic mass is 9.64. The molecule has 0 radical (unpaired) electrons. The first-order valence-electron chi connectivity index (χ1n) is 9.75. The predicted molar refractivity (Wildman–Crippen MR) is 98.3 cm³/mol. The summed E-state index contributed by atoms with van der Waals surface area (Å²) < 4.78 is 41.6. The minimum Gasteiger partial charge on any atom is -0.207 e. The van der Waals surface area contributed by atoms with Gasteiger partial charge in [0.1, 0.15) is 17.5 Å². The van der Waals surface area contributed by atoms with Crippen LogP contribution in [-0.4, -0.2) is 0 Å². The Morgan fingerprint density at radius 3 is 2.19 bits per heavy atom. The van der Waals surface area contributed by atoms with Crippen molar-refractivity contribution in [1.29, 1.82) is 0 Å². The van der Waals surface area contributed by atoms with E-state index in [4.69, 9.17) is 0 Å². The summed E-state index contributed by atoms with van der Waals surface area (Å²) in [5.41, 5.74) is 1.53. The largest absolute Gasteiger partial charge is 0.207 e. The summed E-state index contributed by atoms with van der Waals surface area (Å²) in [6.45, 7) is 2.35. The highest BCUT2D eigenvalue weighted by Gasteiger charge is 2.34. The van der Waals surface area contributed by atoms with Crippen LogP contribution in [0.1, 0.15) is 56.9 Å². The van der Waals surface area contributed by atoms with Gasteiger partial charge in [0.15, 0.2) is 0 Å². The van der Waals surface area contributed by atoms with Gasteiger partial charge in [0.2, 0.25) is 0 Å². The molecule has 4 rings (SSSR count). The Bertz CT molecular complexity index is 778. The Morgan fingerprint density at radius 1 is 0.769 bits per heavy atom. The molecule has 2 aliphatic carbocycles. The van der Waals surface area contributed by atoms with Crippen molar-refractivity contribution >= 4 is 0 Å². The van der Waals surface area contributed by atoms with Crippen LogP contribution in [0.15, 0.2) is 36.4 Å². The van der Waals surface area contributed by atoms with E-state index in [2.05, 4.69) is 6.92 Å². The molecule has 2 fully saturated rings. The Balaban J connectivity index is 1.55. The van der Waals surface area contributed by atoms with Crippen LogP contribution in [0.5, 0.6) is 0 Å². The standard InChI is InChI=1S/C23H25F3/c1-14-2-3-16-9-17(5-4-15(16)8-14)18-6-7-22(23(26)12-18)19-10-20(24)13-21(25)11-19/h6-7,10-17H,2-5,8-9H2,1H3/t14?,15-,16-,17-/m1/s1. The minimum absolute atomic E-state index is 0.247. The Morgan fingerprint density at radius 2 is 1.46 bits per heavy atom. The van der Waals surface area contributed by atoms with E-state index >= 15 is 0 Å². The van der Waals surface area contributed by atoms with Gasteiger partial charge in [-0.05, 0) is 85.1 Å². The van der Waals surface area contributed by atoms with Gasteiger partial charge in [0.25, 0.3) is 0 Å². The molecule has 0 aliphatic heterocycles. The van der Waals surface area contributed by atoms with Crippen LogP contribution in [0.25, 0.3) is 11.1 Å². The third-order valence-electron chi connectivity index (χ3n) is 6.51. The summed E-state index contributed by atoms with van der Waals surface area (Å²) in [7, 11) is 0. The molecule has 2 aromatic rings. The molecule has 2 saturated carbocycles. The third kappa shape index (κ3) is 3.54. The molecule has 3 heteroatoms. The third-order valence-corrected chi connectivity index (χ3v) is 6.51. The molecular weight excluding hydrogens is 333 g/mol. The first kappa shape index (κ1) is 17.6. The van der Waals surface area contributed by atoms with Gasteiger partial charge in [0.05, 0.1) is 0 Å². The highest BCUT2D eigenvalue weighted by Crippen LogP contribution is 2.47. The lowest BCUT2D eigenvalue weighted by molar-refractivity contribution is 0.124. The van der Waals surface area contributed by atoms with Gasteiger partial charge in [-0.25, -0.2) is 13.2 Å². The highest BCUT2D eigenvalue weighted by molar-refractivity contribution is 5.64. The van der Waals surface area contributed by atoms with Crippen molar-refractivity contribution in [3.63, 3.8) is 0 Å². The zero-order valence-electron chi connectivity index (χ0n) is 15.2. The molecule has 26 heavy (non-hydrogen) atoms. The Kier molecular flexibility index (Phi) is 4.81. The maximum atomic E-state index is 14.7. The number of hydrogen-bond donors (Lipinski definition) is 0. The summed E-state index contributed by atoms with van der Waals surface area (Å²) in [4.78, 5) is 0. The molecule has 2 aromatic carbocycles. The van der Waals surface area contributed by atoms with Crippen molar-refractivity contribution < 1.29 is 13.2 Å². The topological polar surface area (TPSA) is 0 Å². The van der Waals surface area contributed by atoms with Gasteiger partial charge in [-0.3, -0.25) is 0 Å². The molecule has 0 saturated heterocycles. The van der Waals surface area contributed by atoms with Crippen LogP contribution in [0.4, 0.5) is 13.2 Å². The predicted octanol–water partition coefficient (Wildman–Crippen LogP) is 7.09. The molecule has 0 amide bonds. The van der Waals surface area contributed by atoms with E-state index in [9.17, 15) is 13.2 Å². The maximum Gasteiger partial charge on any atom is 0.131 e. The Labute approximate surface area is 153 Å². The number of fused-ring (bicyclic) bond motifs is 1. The van der Waals surface area contributed by atoms with Crippen LogP contribution in [-0.2, 0) is 0 Å². The molecule has 0 nitrogen and oxygen atoms in total. The molecular formula is C23H25F3. The van der Waals surface area contributed by atoms with E-state index in [1.54, 1.807) is 12.1 Å². The highest BCUT2D eigenvalue weighted by atomic mass is 19.1. The van der Waals surface area contributed by atoms with Gasteiger partial charge < -0.3 is 0 Å². The van der Waals surface area contributed by atoms with Crippen molar-refractivity contribution in [2.24, 2.45) is 17.8 Å². The molecule has 2 aliphatic rings. The summed E-state index contributed by atoms with van der Waals surface area (Å²) in [6.07, 6.45) is 7.44. The van der Waals surface area contributed by atoms with E-state index in [1.807, 2.05) is 6.07 Å². The summed E-state index contributed by atoms with van der Waals surface area (Å²) in [5.74, 6) is 1.08. The normalized spacial score (nSPS) is 28.6. The van der Waals surface area contributed by atoms with Crippen LogP contribution < -0.4 is 0 Å². The van der Waals surface area contributed by atoms with Gasteiger partial charge in [0, 0.05) is 11.6 Å². The molecule has 0 N–H and O–H groups in total. The van der Waals surface area contributed by atoms with Crippen LogP contribution >= 0.6 is 0 Å². The second-order valence-electron chi connectivity index (χ2n) is 8.35. The lowest BCUT2D eigenvalue weighted by Gasteiger charge is -2.41. The molecule has 0 spiro atoms. The first-order valence-corrected chi connectivity index (χ1v) is 9.75. The first-order chi connectivity index (χ1) is 12.5. The van der Waals surface area contributed by atoms with Crippen LogP contribution in [0.2, 0.25) is 0 Å². The fourth-order valence-corrected chi connectivity index (χ4v) is 5.16. The van der Waals surface area contributed by atoms with E-state index in [0.717, 1.165) is 42.2 Å². The maximum absolute atomic E-state index is 14.7. The molecule has 0 aromatic heterocycles. The van der Waals surface area contributed by atoms with Crippen molar-refractivity contribution in [3.05, 3.63) is 59.4 Å². The molecule has 0 bridgehead atoms. The minimum atomic E-state index is -0.687. The zero-order valence-corrected chi connectivity index (χ0v) is 15.2. The molecule has 0 heterocycles. The van der Waals surface area contributed by atoms with Crippen LogP contribution in [0.3, 0.4) is 0 Å². The van der Waals surface area contributed by atoms with Gasteiger partial charge >= 0.3 is 0 Å². The summed E-state index contributed by atoms with van der Waals surface area (Å²) in [6, 6.07) is 8.35. The van der Waals surface area contributed by atoms with E-state index < -0.39 is 17.5 Å². The molecule has 138 valence electrons. The van der Waals surface area contributed by atoms with Crippen molar-refractivity contribution in [3.8, 4) is 11.1 Å². The van der Waals surface area contributed by atoms with Gasteiger partial charge in [-0.15, -0.1) is 0 Å². The van der Waals surface area contributed by atoms with Crippen molar-refractivity contribution in [2.75, 3.05) is 0 Å². The second-order valence-corrected chi connectivity index (χ2v) is 8.35. The van der Waals surface area contributed by atoms with E-state index in [-0.39, 0.29) is 11.1 Å². The number of hydrogen-bond acceptors (Lipinski definition) is 0. The van der Waals surface area contributed by atoms with Crippen molar-refractivity contribution in [2.45, 2.75) is 51.4 Å². The average molecular weight is 358 g/mol. The summed E-state index contributed by atoms with van der Waals surface area (Å²) in [5, 5.41) is 0. The Hall–Kier alpha value is -1.77. The zero-order chi connectivity index (χ0) is 18.3. The number of benzene rings is 2. The van der Waals surface area contributed by atoms with Gasteiger partial charge in [-0.2, -0.15) is 0 Å². The number of rotatable bonds is 2. The summed E-state index contributed by atoms with van der Waals surface area (Å²) >= 11 is 0. The fourth-order valence-electron chi connectivity index (χ4n) is 5.16. The smallest absolute Gasteiger partial charge is 0.131 e. The molecule has 4 atom stereocenters. The quantitative estimate of drug-likeness (QED) is 0.537. The SMILES string of the molecule is CC1CC[C@@H]2C[C@H](c3ccc(-c4cc(F)cc(F)c4)c(F)c3)CC[C@@H]2C1. The van der Waals surface area contributed by atoms with Crippen molar-refractivity contribution in [1.82, 2.24) is 0 Å². The lowest BCUT2D eigenvalue weighted by Crippen LogP contribution is -2.29. The molecule has 1 unspecified atom stereocenters. The van der Waals surface area contributed by atoms with Gasteiger partial charge in [-0.1, -0.05) is 25.5 Å². The fraction of sp³-hybridized carbons (Fsp3) is 0.478. The van der Waals surface area contributed by atoms with E-state index in [1.165, 1.54) is 37.8 Å². The monoisotopic (exact) mass is 358 g/mol.